The molecule has 0 bridgehead atoms. The molecule has 2 aliphatic rings. The van der Waals surface area contributed by atoms with Gasteiger partial charge >= 0.3 is 0 Å². The molecular weight excluding hydrogens is 359 g/mol. The molecule has 1 N–H and O–H groups in total. The summed E-state index contributed by atoms with van der Waals surface area (Å²) in [4.78, 5) is 26.4. The van der Waals surface area contributed by atoms with Crippen molar-refractivity contribution < 1.29 is 18.7 Å². The molecule has 2 saturated heterocycles. The lowest BCUT2D eigenvalue weighted by Gasteiger charge is -2.33. The molecule has 0 aromatic heterocycles. The number of halogens is 2. The number of nitrogens with one attached hydrogen (secondary N) is 1. The lowest BCUT2D eigenvalue weighted by Crippen LogP contribution is -2.42. The van der Waals surface area contributed by atoms with Gasteiger partial charge in [-0.05, 0) is 49.8 Å². The number of benzene rings is 1. The molecule has 2 fully saturated rings. The van der Waals surface area contributed by atoms with E-state index in [0.29, 0.717) is 31.2 Å². The van der Waals surface area contributed by atoms with Crippen LogP contribution in [0.1, 0.15) is 32.1 Å². The molecule has 0 radical (unpaired) electrons. The van der Waals surface area contributed by atoms with Crippen LogP contribution in [0.2, 0.25) is 5.02 Å². The van der Waals surface area contributed by atoms with Crippen molar-refractivity contribution in [2.45, 2.75) is 32.1 Å². The van der Waals surface area contributed by atoms with Crippen molar-refractivity contribution in [3.63, 3.8) is 0 Å². The molecular formula is C19H24ClFN2O3. The first-order chi connectivity index (χ1) is 12.5. The highest BCUT2D eigenvalue weighted by atomic mass is 35.5. The third-order valence-corrected chi connectivity index (χ3v) is 5.48. The van der Waals surface area contributed by atoms with Crippen LogP contribution >= 0.6 is 11.6 Å². The second-order valence-electron chi connectivity index (χ2n) is 7.04. The number of carbonyl (C=O) groups is 2. The molecule has 0 spiro atoms. The lowest BCUT2D eigenvalue weighted by molar-refractivity contribution is -0.137. The predicted molar refractivity (Wildman–Crippen MR) is 97.5 cm³/mol. The number of hydrogen-bond donors (Lipinski definition) is 1. The van der Waals surface area contributed by atoms with Gasteiger partial charge in [-0.1, -0.05) is 11.6 Å². The molecule has 0 aliphatic carbocycles. The van der Waals surface area contributed by atoms with E-state index < -0.39 is 5.82 Å². The van der Waals surface area contributed by atoms with Crippen molar-refractivity contribution in [3.05, 3.63) is 29.0 Å². The SMILES string of the molecule is O=C(CCC1CCN(C(=O)C2CCOC2)CC1)Nc1ccc(F)c(Cl)c1. The van der Waals surface area contributed by atoms with Crippen LogP contribution in [0.25, 0.3) is 0 Å². The summed E-state index contributed by atoms with van der Waals surface area (Å²) in [5, 5.41) is 2.74. The zero-order valence-electron chi connectivity index (χ0n) is 14.7. The minimum absolute atomic E-state index is 0.00694. The van der Waals surface area contributed by atoms with E-state index in [1.165, 1.54) is 18.2 Å². The standard InChI is InChI=1S/C19H24ClFN2O3/c20-16-11-15(2-3-17(16)21)22-18(24)4-1-13-5-8-23(9-6-13)19(25)14-7-10-26-12-14/h2-3,11,13-14H,1,4-10,12H2,(H,22,24). The monoisotopic (exact) mass is 382 g/mol. The predicted octanol–water partition coefficient (Wildman–Crippen LogP) is 3.47. The third kappa shape index (κ3) is 4.95. The van der Waals surface area contributed by atoms with Crippen LogP contribution in [0.5, 0.6) is 0 Å². The fourth-order valence-corrected chi connectivity index (χ4v) is 3.74. The van der Waals surface area contributed by atoms with Gasteiger partial charge in [0.1, 0.15) is 5.82 Å². The van der Waals surface area contributed by atoms with Gasteiger partial charge in [0.05, 0.1) is 17.5 Å². The Kier molecular flexibility index (Phi) is 6.48. The van der Waals surface area contributed by atoms with Crippen molar-refractivity contribution in [3.8, 4) is 0 Å². The van der Waals surface area contributed by atoms with Crippen LogP contribution < -0.4 is 5.32 Å². The summed E-state index contributed by atoms with van der Waals surface area (Å²) in [5.41, 5.74) is 0.501. The van der Waals surface area contributed by atoms with E-state index >= 15 is 0 Å². The summed E-state index contributed by atoms with van der Waals surface area (Å²) in [6, 6.07) is 4.14. The minimum Gasteiger partial charge on any atom is -0.381 e. The maximum Gasteiger partial charge on any atom is 0.228 e. The summed E-state index contributed by atoms with van der Waals surface area (Å²) in [7, 11) is 0. The topological polar surface area (TPSA) is 58.6 Å². The van der Waals surface area contributed by atoms with Gasteiger partial charge < -0.3 is 15.0 Å². The number of anilines is 1. The van der Waals surface area contributed by atoms with Crippen molar-refractivity contribution in [1.29, 1.82) is 0 Å². The molecule has 3 rings (SSSR count). The van der Waals surface area contributed by atoms with Gasteiger partial charge in [-0.15, -0.1) is 0 Å². The number of nitrogens with zero attached hydrogens (tertiary/aromatic N) is 1. The smallest absolute Gasteiger partial charge is 0.228 e. The first kappa shape index (κ1) is 19.1. The number of ether oxygens (including phenoxy) is 1. The van der Waals surface area contributed by atoms with Gasteiger partial charge in [-0.2, -0.15) is 0 Å². The Morgan fingerprint density at radius 3 is 2.69 bits per heavy atom. The maximum absolute atomic E-state index is 13.1. The van der Waals surface area contributed by atoms with E-state index in [0.717, 1.165) is 38.8 Å². The second-order valence-corrected chi connectivity index (χ2v) is 7.45. The van der Waals surface area contributed by atoms with Crippen LogP contribution in [0.3, 0.4) is 0 Å². The number of piperidine rings is 1. The van der Waals surface area contributed by atoms with Crippen LogP contribution in [-0.4, -0.2) is 43.0 Å². The Balaban J connectivity index is 1.38. The number of amides is 2. The largest absolute Gasteiger partial charge is 0.381 e. The lowest BCUT2D eigenvalue weighted by atomic mass is 9.91. The molecule has 142 valence electrons. The summed E-state index contributed by atoms with van der Waals surface area (Å²) >= 11 is 5.72. The molecule has 2 aliphatic heterocycles. The van der Waals surface area contributed by atoms with E-state index in [1.807, 2.05) is 4.90 Å². The highest BCUT2D eigenvalue weighted by molar-refractivity contribution is 6.31. The molecule has 1 atom stereocenters. The van der Waals surface area contributed by atoms with Gasteiger partial charge in [0.15, 0.2) is 0 Å². The summed E-state index contributed by atoms with van der Waals surface area (Å²) < 4.78 is 18.4. The zero-order chi connectivity index (χ0) is 18.5. The molecule has 1 aromatic rings. The van der Waals surface area contributed by atoms with Gasteiger partial charge in [-0.25, -0.2) is 4.39 Å². The first-order valence-electron chi connectivity index (χ1n) is 9.14. The van der Waals surface area contributed by atoms with Gasteiger partial charge in [0.2, 0.25) is 11.8 Å². The number of rotatable bonds is 5. The molecule has 2 amide bonds. The Bertz CT molecular complexity index is 656. The quantitative estimate of drug-likeness (QED) is 0.848. The van der Waals surface area contributed by atoms with E-state index in [-0.39, 0.29) is 22.8 Å². The number of carbonyl (C=O) groups excluding carboxylic acids is 2. The number of hydrogen-bond acceptors (Lipinski definition) is 3. The van der Waals surface area contributed by atoms with Crippen LogP contribution in [0, 0.1) is 17.7 Å². The normalized spacial score (nSPS) is 21.0. The Hall–Kier alpha value is -1.66. The van der Waals surface area contributed by atoms with E-state index in [4.69, 9.17) is 16.3 Å². The molecule has 5 nitrogen and oxygen atoms in total. The number of likely N-dealkylation sites (tertiary alicyclic amines) is 1. The third-order valence-electron chi connectivity index (χ3n) is 5.19. The highest BCUT2D eigenvalue weighted by Gasteiger charge is 2.30. The van der Waals surface area contributed by atoms with Crippen LogP contribution in [-0.2, 0) is 14.3 Å². The van der Waals surface area contributed by atoms with E-state index in [2.05, 4.69) is 5.32 Å². The highest BCUT2D eigenvalue weighted by Crippen LogP contribution is 2.25. The van der Waals surface area contributed by atoms with Crippen molar-refractivity contribution in [2.75, 3.05) is 31.6 Å². The van der Waals surface area contributed by atoms with Crippen LogP contribution in [0.4, 0.5) is 10.1 Å². The summed E-state index contributed by atoms with van der Waals surface area (Å²) in [6.07, 6.45) is 3.87. The zero-order valence-corrected chi connectivity index (χ0v) is 15.4. The van der Waals surface area contributed by atoms with Crippen molar-refractivity contribution >= 4 is 29.1 Å². The van der Waals surface area contributed by atoms with Crippen molar-refractivity contribution in [1.82, 2.24) is 4.90 Å². The Morgan fingerprint density at radius 2 is 2.04 bits per heavy atom. The fourth-order valence-electron chi connectivity index (χ4n) is 3.56. The Morgan fingerprint density at radius 1 is 1.27 bits per heavy atom. The van der Waals surface area contributed by atoms with E-state index in [1.54, 1.807) is 0 Å². The molecule has 0 saturated carbocycles. The summed E-state index contributed by atoms with van der Waals surface area (Å²) in [6.45, 7) is 2.75. The summed E-state index contributed by atoms with van der Waals surface area (Å²) in [5.74, 6) is 0.0811. The fraction of sp³-hybridized carbons (Fsp3) is 0.579. The maximum atomic E-state index is 13.1. The Labute approximate surface area is 157 Å². The van der Waals surface area contributed by atoms with Gasteiger partial charge in [-0.3, -0.25) is 9.59 Å². The second kappa shape index (κ2) is 8.82. The average molecular weight is 383 g/mol. The van der Waals surface area contributed by atoms with E-state index in [9.17, 15) is 14.0 Å². The molecule has 2 heterocycles. The molecule has 1 aromatic carbocycles. The minimum atomic E-state index is -0.505. The molecule has 1 unspecified atom stereocenters. The average Bonchev–Trinajstić information content (AvgIpc) is 3.18. The van der Waals surface area contributed by atoms with Crippen LogP contribution in [0.15, 0.2) is 18.2 Å². The molecule has 26 heavy (non-hydrogen) atoms. The first-order valence-corrected chi connectivity index (χ1v) is 9.52. The van der Waals surface area contributed by atoms with Gasteiger partial charge in [0, 0.05) is 31.8 Å². The van der Waals surface area contributed by atoms with Gasteiger partial charge in [0.25, 0.3) is 0 Å². The molecule has 7 heteroatoms. The van der Waals surface area contributed by atoms with Crippen molar-refractivity contribution in [2.24, 2.45) is 11.8 Å².